The van der Waals surface area contributed by atoms with Gasteiger partial charge in [0, 0.05) is 5.69 Å². The third-order valence-electron chi connectivity index (χ3n) is 4.21. The molecule has 1 heterocycles. The Balaban J connectivity index is 2.48. The second-order valence-corrected chi connectivity index (χ2v) is 6.18. The highest BCUT2D eigenvalue weighted by Gasteiger charge is 2.52. The first-order chi connectivity index (χ1) is 9.05. The van der Waals surface area contributed by atoms with Crippen molar-refractivity contribution in [3.8, 4) is 0 Å². The van der Waals surface area contributed by atoms with Gasteiger partial charge >= 0.3 is 13.1 Å². The van der Waals surface area contributed by atoms with Crippen molar-refractivity contribution in [3.63, 3.8) is 0 Å². The molecule has 1 aliphatic heterocycles. The molecule has 0 amide bonds. The highest BCUT2D eigenvalue weighted by atomic mass is 16.7. The molecular weight excluding hydrogens is 257 g/mol. The van der Waals surface area contributed by atoms with E-state index in [1.165, 1.54) is 6.07 Å². The molecule has 0 radical (unpaired) electrons. The zero-order valence-corrected chi connectivity index (χ0v) is 12.5. The van der Waals surface area contributed by atoms with Crippen molar-refractivity contribution in [1.29, 1.82) is 0 Å². The van der Waals surface area contributed by atoms with Crippen LogP contribution in [0.3, 0.4) is 0 Å². The van der Waals surface area contributed by atoms with Gasteiger partial charge in [-0.1, -0.05) is 0 Å². The quantitative estimate of drug-likeness (QED) is 0.633. The summed E-state index contributed by atoms with van der Waals surface area (Å²) in [7, 11) is -0.610. The van der Waals surface area contributed by atoms with Crippen molar-refractivity contribution in [2.75, 3.05) is 5.73 Å². The van der Waals surface area contributed by atoms with Gasteiger partial charge in [0.05, 0.1) is 16.8 Å². The Morgan fingerprint density at radius 2 is 1.70 bits per heavy atom. The minimum Gasteiger partial charge on any atom is -0.478 e. The van der Waals surface area contributed by atoms with Crippen molar-refractivity contribution < 1.29 is 19.2 Å². The first kappa shape index (κ1) is 14.9. The number of benzene rings is 1. The second-order valence-electron chi connectivity index (χ2n) is 6.18. The predicted octanol–water partition coefficient (Wildman–Crippen LogP) is 1.57. The van der Waals surface area contributed by atoms with E-state index in [-0.39, 0.29) is 5.56 Å². The number of nitrogen functional groups attached to an aromatic ring is 1. The van der Waals surface area contributed by atoms with Crippen LogP contribution in [0.5, 0.6) is 0 Å². The molecule has 3 N–H and O–H groups in total. The summed E-state index contributed by atoms with van der Waals surface area (Å²) in [4.78, 5) is 11.3. The summed E-state index contributed by atoms with van der Waals surface area (Å²) in [5.74, 6) is -1.01. The monoisotopic (exact) mass is 277 g/mol. The molecule has 0 spiro atoms. The Bertz CT molecular complexity index is 553. The molecule has 5 nitrogen and oxygen atoms in total. The van der Waals surface area contributed by atoms with Gasteiger partial charge in [-0.15, -0.1) is 0 Å². The lowest BCUT2D eigenvalue weighted by Crippen LogP contribution is -2.41. The maximum absolute atomic E-state index is 11.3. The van der Waals surface area contributed by atoms with E-state index in [0.29, 0.717) is 16.7 Å². The van der Waals surface area contributed by atoms with Gasteiger partial charge in [-0.25, -0.2) is 4.79 Å². The lowest BCUT2D eigenvalue weighted by Gasteiger charge is -2.32. The zero-order chi connectivity index (χ0) is 15.3. The number of carboxylic acids is 1. The molecule has 0 aromatic heterocycles. The smallest absolute Gasteiger partial charge is 0.478 e. The molecule has 0 atom stereocenters. The molecule has 0 saturated carbocycles. The Kier molecular flexibility index (Phi) is 3.35. The van der Waals surface area contributed by atoms with Gasteiger partial charge in [0.1, 0.15) is 0 Å². The zero-order valence-electron chi connectivity index (χ0n) is 12.5. The molecule has 1 aromatic carbocycles. The van der Waals surface area contributed by atoms with Crippen LogP contribution in [0.15, 0.2) is 12.1 Å². The van der Waals surface area contributed by atoms with Crippen LogP contribution in [0.2, 0.25) is 0 Å². The molecule has 2 rings (SSSR count). The number of carboxylic acid groups (broad SMARTS) is 1. The SMILES string of the molecule is Cc1c(B2OC(C)(C)C(C)(C)O2)cc(N)cc1C(=O)O. The standard InChI is InChI=1S/C14H20BNO4/c1-8-10(12(17)18)6-9(16)7-11(8)15-19-13(2,3)14(4,5)20-15/h6-7H,16H2,1-5H3,(H,17,18). The van der Waals surface area contributed by atoms with Crippen LogP contribution in [-0.2, 0) is 9.31 Å². The predicted molar refractivity (Wildman–Crippen MR) is 78.3 cm³/mol. The van der Waals surface area contributed by atoms with Gasteiger partial charge < -0.3 is 20.1 Å². The van der Waals surface area contributed by atoms with E-state index in [1.807, 2.05) is 27.7 Å². The number of rotatable bonds is 2. The fraction of sp³-hybridized carbons (Fsp3) is 0.500. The minimum atomic E-state index is -1.01. The molecule has 1 aromatic rings. The van der Waals surface area contributed by atoms with Crippen LogP contribution in [0.25, 0.3) is 0 Å². The molecule has 1 aliphatic rings. The number of aromatic carboxylic acids is 1. The van der Waals surface area contributed by atoms with Gasteiger partial charge in [-0.3, -0.25) is 0 Å². The summed E-state index contributed by atoms with van der Waals surface area (Å²) < 4.78 is 11.9. The maximum Gasteiger partial charge on any atom is 0.495 e. The van der Waals surface area contributed by atoms with Gasteiger partial charge in [-0.05, 0) is 57.8 Å². The van der Waals surface area contributed by atoms with E-state index in [0.717, 1.165) is 0 Å². The lowest BCUT2D eigenvalue weighted by atomic mass is 9.74. The van der Waals surface area contributed by atoms with Crippen LogP contribution < -0.4 is 11.2 Å². The average Bonchev–Trinajstić information content (AvgIpc) is 2.50. The van der Waals surface area contributed by atoms with Crippen LogP contribution >= 0.6 is 0 Å². The summed E-state index contributed by atoms with van der Waals surface area (Å²) in [5.41, 5.74) is 6.69. The number of hydrogen-bond acceptors (Lipinski definition) is 4. The number of hydrogen-bond donors (Lipinski definition) is 2. The van der Waals surface area contributed by atoms with E-state index < -0.39 is 24.3 Å². The van der Waals surface area contributed by atoms with E-state index in [2.05, 4.69) is 0 Å². The average molecular weight is 277 g/mol. The Morgan fingerprint density at radius 1 is 1.20 bits per heavy atom. The van der Waals surface area contributed by atoms with Crippen molar-refractivity contribution >= 4 is 24.2 Å². The summed E-state index contributed by atoms with van der Waals surface area (Å²) in [5, 5.41) is 9.23. The van der Waals surface area contributed by atoms with Crippen LogP contribution in [-0.4, -0.2) is 29.4 Å². The minimum absolute atomic E-state index is 0.176. The van der Waals surface area contributed by atoms with E-state index in [1.54, 1.807) is 13.0 Å². The topological polar surface area (TPSA) is 81.8 Å². The van der Waals surface area contributed by atoms with Gasteiger partial charge in [0.2, 0.25) is 0 Å². The highest BCUT2D eigenvalue weighted by Crippen LogP contribution is 2.36. The fourth-order valence-corrected chi connectivity index (χ4v) is 2.20. The summed E-state index contributed by atoms with van der Waals surface area (Å²) in [6, 6.07) is 3.16. The Hall–Kier alpha value is -1.53. The molecule has 1 saturated heterocycles. The van der Waals surface area contributed by atoms with Gasteiger partial charge in [0.15, 0.2) is 0 Å². The number of carbonyl (C=O) groups is 1. The first-order valence-corrected chi connectivity index (χ1v) is 6.54. The third-order valence-corrected chi connectivity index (χ3v) is 4.21. The van der Waals surface area contributed by atoms with E-state index >= 15 is 0 Å². The van der Waals surface area contributed by atoms with Gasteiger partial charge in [-0.2, -0.15) is 0 Å². The van der Waals surface area contributed by atoms with Crippen molar-refractivity contribution in [2.24, 2.45) is 0 Å². The van der Waals surface area contributed by atoms with Crippen molar-refractivity contribution in [3.05, 3.63) is 23.3 Å². The molecule has 0 bridgehead atoms. The Labute approximate surface area is 119 Å². The van der Waals surface area contributed by atoms with E-state index in [9.17, 15) is 9.90 Å². The lowest BCUT2D eigenvalue weighted by molar-refractivity contribution is 0.00578. The number of anilines is 1. The van der Waals surface area contributed by atoms with Crippen LogP contribution in [0, 0.1) is 6.92 Å². The molecule has 20 heavy (non-hydrogen) atoms. The van der Waals surface area contributed by atoms with Crippen molar-refractivity contribution in [2.45, 2.75) is 45.8 Å². The van der Waals surface area contributed by atoms with Crippen LogP contribution in [0.4, 0.5) is 5.69 Å². The summed E-state index contributed by atoms with van der Waals surface area (Å²) in [6.45, 7) is 9.54. The highest BCUT2D eigenvalue weighted by molar-refractivity contribution is 6.63. The fourth-order valence-electron chi connectivity index (χ4n) is 2.20. The summed E-state index contributed by atoms with van der Waals surface area (Å²) >= 11 is 0. The summed E-state index contributed by atoms with van der Waals surface area (Å²) in [6.07, 6.45) is 0. The molecular formula is C14H20BNO4. The normalized spacial score (nSPS) is 20.1. The Morgan fingerprint density at radius 3 is 2.15 bits per heavy atom. The molecule has 0 aliphatic carbocycles. The first-order valence-electron chi connectivity index (χ1n) is 6.54. The molecule has 6 heteroatoms. The van der Waals surface area contributed by atoms with Crippen LogP contribution in [0.1, 0.15) is 43.6 Å². The largest absolute Gasteiger partial charge is 0.495 e. The molecule has 108 valence electrons. The van der Waals surface area contributed by atoms with E-state index in [4.69, 9.17) is 15.0 Å². The number of nitrogens with two attached hydrogens (primary N) is 1. The molecule has 1 fully saturated rings. The second kappa shape index (κ2) is 4.50. The molecule has 0 unspecified atom stereocenters. The third kappa shape index (κ3) is 2.29. The van der Waals surface area contributed by atoms with Crippen molar-refractivity contribution in [1.82, 2.24) is 0 Å². The maximum atomic E-state index is 11.3. The van der Waals surface area contributed by atoms with Gasteiger partial charge in [0.25, 0.3) is 0 Å².